The molecule has 0 aliphatic heterocycles. The maximum atomic E-state index is 11.4. The third kappa shape index (κ3) is 2.28. The first-order chi connectivity index (χ1) is 8.11. The van der Waals surface area contributed by atoms with Crippen LogP contribution < -0.4 is 0 Å². The molecule has 2 rings (SSSR count). The Balaban J connectivity index is 2.52. The van der Waals surface area contributed by atoms with Crippen LogP contribution in [-0.4, -0.2) is 15.6 Å². The molecule has 0 amide bonds. The van der Waals surface area contributed by atoms with E-state index in [1.807, 2.05) is 42.2 Å². The lowest BCUT2D eigenvalue weighted by Crippen LogP contribution is -1.92. The fraction of sp³-hybridized carbons (Fsp3) is 0.286. The highest BCUT2D eigenvalue weighted by Crippen LogP contribution is 2.24. The van der Waals surface area contributed by atoms with Gasteiger partial charge in [0.1, 0.15) is 0 Å². The van der Waals surface area contributed by atoms with Crippen LogP contribution in [0.15, 0.2) is 30.5 Å². The van der Waals surface area contributed by atoms with Gasteiger partial charge < -0.3 is 0 Å². The molecule has 0 atom stereocenters. The molecule has 17 heavy (non-hydrogen) atoms. The molecule has 0 saturated carbocycles. The number of hydrogen-bond donors (Lipinski definition) is 0. The van der Waals surface area contributed by atoms with Crippen LogP contribution in [0, 0.1) is 0 Å². The summed E-state index contributed by atoms with van der Waals surface area (Å²) in [5.74, 6) is 0.0915. The Labute approximate surface area is 101 Å². The summed E-state index contributed by atoms with van der Waals surface area (Å²) in [6.45, 7) is 3.67. The number of hydrogen-bond acceptors (Lipinski definition) is 2. The third-order valence-corrected chi connectivity index (χ3v) is 2.82. The van der Waals surface area contributed by atoms with E-state index >= 15 is 0 Å². The summed E-state index contributed by atoms with van der Waals surface area (Å²) in [5, 5.41) is 4.41. The van der Waals surface area contributed by atoms with Crippen molar-refractivity contribution in [3.63, 3.8) is 0 Å². The molecule has 0 bridgehead atoms. The van der Waals surface area contributed by atoms with E-state index in [2.05, 4.69) is 12.0 Å². The van der Waals surface area contributed by atoms with Gasteiger partial charge in [0, 0.05) is 24.4 Å². The monoisotopic (exact) mass is 228 g/mol. The fourth-order valence-corrected chi connectivity index (χ4v) is 1.94. The molecule has 3 heteroatoms. The van der Waals surface area contributed by atoms with Crippen LogP contribution in [0.3, 0.4) is 0 Å². The second kappa shape index (κ2) is 4.53. The van der Waals surface area contributed by atoms with Crippen LogP contribution in [0.1, 0.15) is 29.9 Å². The van der Waals surface area contributed by atoms with Crippen molar-refractivity contribution in [1.29, 1.82) is 0 Å². The smallest absolute Gasteiger partial charge is 0.159 e. The van der Waals surface area contributed by atoms with Crippen LogP contribution >= 0.6 is 0 Å². The summed E-state index contributed by atoms with van der Waals surface area (Å²) >= 11 is 0. The Morgan fingerprint density at radius 2 is 2.18 bits per heavy atom. The Morgan fingerprint density at radius 3 is 2.82 bits per heavy atom. The third-order valence-electron chi connectivity index (χ3n) is 2.82. The van der Waals surface area contributed by atoms with Crippen molar-refractivity contribution in [3.8, 4) is 11.1 Å². The van der Waals surface area contributed by atoms with Crippen molar-refractivity contribution in [2.75, 3.05) is 0 Å². The molecule has 0 aliphatic carbocycles. The van der Waals surface area contributed by atoms with E-state index in [1.165, 1.54) is 0 Å². The average molecular weight is 228 g/mol. The highest BCUT2D eigenvalue weighted by atomic mass is 16.1. The van der Waals surface area contributed by atoms with Gasteiger partial charge in [-0.05, 0) is 25.0 Å². The Hall–Kier alpha value is -1.90. The van der Waals surface area contributed by atoms with Crippen LogP contribution in [-0.2, 0) is 13.5 Å². The van der Waals surface area contributed by atoms with Gasteiger partial charge in [0.05, 0.1) is 5.69 Å². The largest absolute Gasteiger partial charge is 0.295 e. The summed E-state index contributed by atoms with van der Waals surface area (Å²) in [4.78, 5) is 11.4. The number of ketones is 1. The van der Waals surface area contributed by atoms with E-state index in [9.17, 15) is 4.79 Å². The first-order valence-corrected chi connectivity index (χ1v) is 5.75. The van der Waals surface area contributed by atoms with E-state index in [0.717, 1.165) is 28.8 Å². The number of carbonyl (C=O) groups is 1. The molecule has 0 unspecified atom stereocenters. The quantitative estimate of drug-likeness (QED) is 0.757. The van der Waals surface area contributed by atoms with Gasteiger partial charge in [-0.1, -0.05) is 25.1 Å². The summed E-state index contributed by atoms with van der Waals surface area (Å²) in [6.07, 6.45) is 2.89. The average Bonchev–Trinajstić information content (AvgIpc) is 2.70. The van der Waals surface area contributed by atoms with Gasteiger partial charge in [0.25, 0.3) is 0 Å². The van der Waals surface area contributed by atoms with E-state index in [4.69, 9.17) is 0 Å². The Morgan fingerprint density at radius 1 is 1.41 bits per heavy atom. The van der Waals surface area contributed by atoms with Crippen molar-refractivity contribution in [1.82, 2.24) is 9.78 Å². The number of aromatic nitrogens is 2. The molecule has 1 aromatic heterocycles. The topological polar surface area (TPSA) is 34.9 Å². The zero-order valence-electron chi connectivity index (χ0n) is 10.4. The highest BCUT2D eigenvalue weighted by molar-refractivity contribution is 5.95. The Kier molecular flexibility index (Phi) is 3.09. The first-order valence-electron chi connectivity index (χ1n) is 5.75. The first kappa shape index (κ1) is 11.6. The molecule has 88 valence electrons. The van der Waals surface area contributed by atoms with Crippen molar-refractivity contribution in [2.45, 2.75) is 20.3 Å². The zero-order valence-corrected chi connectivity index (χ0v) is 10.4. The summed E-state index contributed by atoms with van der Waals surface area (Å²) in [6, 6.07) is 7.70. The molecule has 2 aromatic rings. The Bertz CT molecular complexity index is 555. The molecule has 0 saturated heterocycles. The number of benzene rings is 1. The number of nitrogens with zero attached hydrogens (tertiary/aromatic N) is 2. The minimum absolute atomic E-state index is 0.0915. The molecule has 1 heterocycles. The van der Waals surface area contributed by atoms with Gasteiger partial charge in [-0.15, -0.1) is 0 Å². The predicted molar refractivity (Wildman–Crippen MR) is 68.0 cm³/mol. The normalized spacial score (nSPS) is 10.5. The van der Waals surface area contributed by atoms with Crippen molar-refractivity contribution in [2.24, 2.45) is 7.05 Å². The number of rotatable bonds is 3. The molecular weight excluding hydrogens is 212 g/mol. The van der Waals surface area contributed by atoms with Crippen LogP contribution in [0.25, 0.3) is 11.1 Å². The number of aryl methyl sites for hydroxylation is 2. The lowest BCUT2D eigenvalue weighted by molar-refractivity contribution is 0.101. The second-order valence-corrected chi connectivity index (χ2v) is 4.15. The van der Waals surface area contributed by atoms with E-state index < -0.39 is 0 Å². The minimum Gasteiger partial charge on any atom is -0.295 e. The lowest BCUT2D eigenvalue weighted by Gasteiger charge is -2.02. The van der Waals surface area contributed by atoms with E-state index in [0.29, 0.717) is 0 Å². The minimum atomic E-state index is 0.0915. The van der Waals surface area contributed by atoms with Gasteiger partial charge in [-0.25, -0.2) is 0 Å². The van der Waals surface area contributed by atoms with Gasteiger partial charge in [-0.2, -0.15) is 5.10 Å². The van der Waals surface area contributed by atoms with Gasteiger partial charge in [0.15, 0.2) is 5.78 Å². The summed E-state index contributed by atoms with van der Waals surface area (Å²) in [5.41, 5.74) is 3.97. The van der Waals surface area contributed by atoms with Gasteiger partial charge in [-0.3, -0.25) is 9.48 Å². The molecule has 3 nitrogen and oxygen atoms in total. The van der Waals surface area contributed by atoms with Crippen LogP contribution in [0.4, 0.5) is 0 Å². The predicted octanol–water partition coefficient (Wildman–Crippen LogP) is 2.85. The highest BCUT2D eigenvalue weighted by Gasteiger charge is 2.09. The van der Waals surface area contributed by atoms with Crippen molar-refractivity contribution in [3.05, 3.63) is 41.7 Å². The van der Waals surface area contributed by atoms with Crippen LogP contribution in [0.5, 0.6) is 0 Å². The molecular formula is C14H16N2O. The number of carbonyl (C=O) groups excluding carboxylic acids is 1. The maximum Gasteiger partial charge on any atom is 0.159 e. The van der Waals surface area contributed by atoms with Gasteiger partial charge in [0.2, 0.25) is 0 Å². The SMILES string of the molecule is CCc1nn(C)cc1-c1cccc(C(C)=O)c1. The molecule has 0 fully saturated rings. The second-order valence-electron chi connectivity index (χ2n) is 4.15. The van der Waals surface area contributed by atoms with E-state index in [-0.39, 0.29) is 5.78 Å². The molecule has 1 aromatic carbocycles. The summed E-state index contributed by atoms with van der Waals surface area (Å²) in [7, 11) is 1.91. The van der Waals surface area contributed by atoms with Crippen LogP contribution in [0.2, 0.25) is 0 Å². The van der Waals surface area contributed by atoms with Crippen molar-refractivity contribution < 1.29 is 4.79 Å². The van der Waals surface area contributed by atoms with Gasteiger partial charge >= 0.3 is 0 Å². The maximum absolute atomic E-state index is 11.4. The summed E-state index contributed by atoms with van der Waals surface area (Å²) < 4.78 is 1.81. The van der Waals surface area contributed by atoms with Crippen molar-refractivity contribution >= 4 is 5.78 Å². The number of Topliss-reactive ketones (excluding diaryl/α,β-unsaturated/α-hetero) is 1. The standard InChI is InChI=1S/C14H16N2O/c1-4-14-13(9-16(3)15-14)12-7-5-6-11(8-12)10(2)17/h5-9H,4H2,1-3H3. The lowest BCUT2D eigenvalue weighted by atomic mass is 10.0. The molecule has 0 N–H and O–H groups in total. The fourth-order valence-electron chi connectivity index (χ4n) is 1.94. The molecule has 0 spiro atoms. The zero-order chi connectivity index (χ0) is 12.4. The van der Waals surface area contributed by atoms with E-state index in [1.54, 1.807) is 6.92 Å². The molecule has 0 aliphatic rings. The molecule has 0 radical (unpaired) electrons.